The van der Waals surface area contributed by atoms with Crippen LogP contribution in [0.4, 0.5) is 5.69 Å². The van der Waals surface area contributed by atoms with E-state index in [9.17, 15) is 9.59 Å². The number of ether oxygens (including phenoxy) is 3. The van der Waals surface area contributed by atoms with E-state index in [1.807, 2.05) is 65.6 Å². The van der Waals surface area contributed by atoms with Crippen LogP contribution in [0.1, 0.15) is 23.0 Å². The van der Waals surface area contributed by atoms with Gasteiger partial charge in [-0.2, -0.15) is 0 Å². The summed E-state index contributed by atoms with van der Waals surface area (Å²) < 4.78 is 15.9. The molecule has 6 nitrogen and oxygen atoms in total. The molecule has 0 amide bonds. The van der Waals surface area contributed by atoms with Crippen LogP contribution in [0.3, 0.4) is 0 Å². The number of hydrogen-bond donors (Lipinski definition) is 0. The molecule has 1 fully saturated rings. The summed E-state index contributed by atoms with van der Waals surface area (Å²) in [6, 6.07) is 22.1. The van der Waals surface area contributed by atoms with E-state index in [1.54, 1.807) is 7.11 Å². The van der Waals surface area contributed by atoms with Gasteiger partial charge in [-0.25, -0.2) is 9.59 Å². The summed E-state index contributed by atoms with van der Waals surface area (Å²) in [7, 11) is 4.37. The van der Waals surface area contributed by atoms with Gasteiger partial charge in [0.05, 0.1) is 21.3 Å². The van der Waals surface area contributed by atoms with E-state index in [2.05, 4.69) is 12.1 Å². The Morgan fingerprint density at radius 3 is 1.55 bits per heavy atom. The second-order valence-corrected chi connectivity index (χ2v) is 8.27. The molecule has 168 valence electrons. The highest BCUT2D eigenvalue weighted by Gasteiger charge is 2.59. The molecule has 5 rings (SSSR count). The van der Waals surface area contributed by atoms with E-state index < -0.39 is 12.1 Å². The van der Waals surface area contributed by atoms with E-state index in [1.165, 1.54) is 14.2 Å². The van der Waals surface area contributed by atoms with Gasteiger partial charge in [0.25, 0.3) is 0 Å². The summed E-state index contributed by atoms with van der Waals surface area (Å²) in [6.45, 7) is 0. The van der Waals surface area contributed by atoms with Crippen LogP contribution in [-0.2, 0) is 19.1 Å². The zero-order chi connectivity index (χ0) is 23.1. The Kier molecular flexibility index (Phi) is 5.29. The van der Waals surface area contributed by atoms with Gasteiger partial charge in [-0.3, -0.25) is 0 Å². The molecule has 1 aliphatic carbocycles. The first-order chi connectivity index (χ1) is 16.1. The minimum absolute atomic E-state index is 0.283. The number of anilines is 1. The molecule has 4 atom stereocenters. The molecule has 3 aromatic rings. The lowest BCUT2D eigenvalue weighted by molar-refractivity contribution is -0.143. The fourth-order valence-corrected chi connectivity index (χ4v) is 5.54. The van der Waals surface area contributed by atoms with Crippen LogP contribution in [0.25, 0.3) is 11.1 Å². The Bertz CT molecular complexity index is 1130. The first kappa shape index (κ1) is 21.1. The van der Waals surface area contributed by atoms with Gasteiger partial charge >= 0.3 is 11.9 Å². The fraction of sp³-hybridized carbons (Fsp3) is 0.259. The molecule has 0 saturated carbocycles. The lowest BCUT2D eigenvalue weighted by Crippen LogP contribution is -2.46. The zero-order valence-electron chi connectivity index (χ0n) is 18.7. The molecule has 0 N–H and O–H groups in total. The summed E-state index contributed by atoms with van der Waals surface area (Å²) in [6.07, 6.45) is 0. The van der Waals surface area contributed by atoms with E-state index in [0.29, 0.717) is 5.75 Å². The van der Waals surface area contributed by atoms with Crippen LogP contribution in [0.15, 0.2) is 72.8 Å². The minimum atomic E-state index is -0.702. The Balaban J connectivity index is 1.79. The molecule has 0 radical (unpaired) electrons. The third-order valence-corrected chi connectivity index (χ3v) is 6.85. The Morgan fingerprint density at radius 2 is 1.12 bits per heavy atom. The summed E-state index contributed by atoms with van der Waals surface area (Å²) >= 11 is 0. The van der Waals surface area contributed by atoms with Crippen molar-refractivity contribution in [2.45, 2.75) is 23.9 Å². The number of nitrogens with zero attached hydrogens (tertiary/aromatic N) is 1. The second-order valence-electron chi connectivity index (χ2n) is 8.27. The fourth-order valence-electron chi connectivity index (χ4n) is 5.54. The Hall–Kier alpha value is -3.80. The predicted molar refractivity (Wildman–Crippen MR) is 124 cm³/mol. The molecule has 0 spiro atoms. The van der Waals surface area contributed by atoms with Crippen molar-refractivity contribution in [3.8, 4) is 16.9 Å². The topological polar surface area (TPSA) is 65.1 Å². The van der Waals surface area contributed by atoms with Gasteiger partial charge in [-0.15, -0.1) is 0 Å². The average Bonchev–Trinajstić information content (AvgIpc) is 3.24. The van der Waals surface area contributed by atoms with Gasteiger partial charge in [0, 0.05) is 17.5 Å². The summed E-state index contributed by atoms with van der Waals surface area (Å²) in [4.78, 5) is 28.5. The maximum absolute atomic E-state index is 13.3. The molecular formula is C27H25NO5. The van der Waals surface area contributed by atoms with Crippen LogP contribution in [0.2, 0.25) is 0 Å². The van der Waals surface area contributed by atoms with E-state index in [0.717, 1.165) is 27.9 Å². The van der Waals surface area contributed by atoms with Crippen LogP contribution < -0.4 is 9.64 Å². The van der Waals surface area contributed by atoms with Crippen LogP contribution in [0.5, 0.6) is 5.75 Å². The number of hydrogen-bond acceptors (Lipinski definition) is 6. The van der Waals surface area contributed by atoms with E-state index in [-0.39, 0.29) is 23.8 Å². The number of esters is 2. The largest absolute Gasteiger partial charge is 0.497 e. The van der Waals surface area contributed by atoms with Gasteiger partial charge in [0.1, 0.15) is 17.8 Å². The maximum Gasteiger partial charge on any atom is 0.329 e. The molecule has 0 unspecified atom stereocenters. The van der Waals surface area contributed by atoms with Crippen molar-refractivity contribution >= 4 is 17.6 Å². The van der Waals surface area contributed by atoms with E-state index in [4.69, 9.17) is 14.2 Å². The van der Waals surface area contributed by atoms with Crippen molar-refractivity contribution in [3.63, 3.8) is 0 Å². The van der Waals surface area contributed by atoms with E-state index >= 15 is 0 Å². The van der Waals surface area contributed by atoms with Gasteiger partial charge in [0.2, 0.25) is 0 Å². The third-order valence-electron chi connectivity index (χ3n) is 6.85. The molecule has 0 bridgehead atoms. The first-order valence-electron chi connectivity index (χ1n) is 10.9. The number of benzene rings is 3. The zero-order valence-corrected chi connectivity index (χ0v) is 18.7. The van der Waals surface area contributed by atoms with Crippen molar-refractivity contribution in [2.24, 2.45) is 0 Å². The first-order valence-corrected chi connectivity index (χ1v) is 10.9. The van der Waals surface area contributed by atoms with Gasteiger partial charge < -0.3 is 19.1 Å². The molecule has 0 aromatic heterocycles. The van der Waals surface area contributed by atoms with Crippen molar-refractivity contribution in [1.29, 1.82) is 0 Å². The average molecular weight is 443 g/mol. The molecule has 1 aliphatic heterocycles. The van der Waals surface area contributed by atoms with Crippen LogP contribution in [0, 0.1) is 0 Å². The van der Waals surface area contributed by atoms with Crippen molar-refractivity contribution in [3.05, 3.63) is 83.9 Å². The van der Waals surface area contributed by atoms with Crippen LogP contribution >= 0.6 is 0 Å². The molecule has 3 aromatic carbocycles. The molecule has 33 heavy (non-hydrogen) atoms. The standard InChI is InChI=1S/C27H25NO5/c1-31-17-14-12-16(13-15-17)28-24(26(29)32-2)22-20-10-6-4-8-18(20)19-9-5-7-11-21(19)23(22)25(28)27(30)33-3/h4-15,22-25H,1-3H3/t22-,23+,24-,25-/m0/s1. The lowest BCUT2D eigenvalue weighted by Gasteiger charge is -2.33. The Morgan fingerprint density at radius 1 is 0.667 bits per heavy atom. The lowest BCUT2D eigenvalue weighted by atomic mass is 9.69. The molecule has 6 heteroatoms. The quantitative estimate of drug-likeness (QED) is 0.565. The molecule has 1 saturated heterocycles. The van der Waals surface area contributed by atoms with Crippen molar-refractivity contribution < 1.29 is 23.8 Å². The molecular weight excluding hydrogens is 418 g/mol. The normalized spacial score (nSPS) is 22.6. The van der Waals surface area contributed by atoms with Gasteiger partial charge in [-0.1, -0.05) is 48.5 Å². The highest BCUT2D eigenvalue weighted by Crippen LogP contribution is 2.57. The highest BCUT2D eigenvalue weighted by molar-refractivity contribution is 5.93. The number of carbonyl (C=O) groups excluding carboxylic acids is 2. The smallest absolute Gasteiger partial charge is 0.329 e. The SMILES string of the molecule is COC(=O)[C@@H]1[C@@H]2c3ccccc3-c3ccccc3[C@@H]2[C@@H](C(=O)OC)N1c1ccc(OC)cc1. The molecule has 1 heterocycles. The van der Waals surface area contributed by atoms with Crippen LogP contribution in [-0.4, -0.2) is 45.4 Å². The third kappa shape index (κ3) is 3.17. The monoisotopic (exact) mass is 443 g/mol. The Labute approximate surface area is 192 Å². The number of rotatable bonds is 4. The summed E-state index contributed by atoms with van der Waals surface area (Å²) in [5, 5.41) is 0. The van der Waals surface area contributed by atoms with Gasteiger partial charge in [0.15, 0.2) is 0 Å². The summed E-state index contributed by atoms with van der Waals surface area (Å²) in [5.41, 5.74) is 4.93. The number of carbonyl (C=O) groups is 2. The number of methoxy groups -OCH3 is 3. The predicted octanol–water partition coefficient (Wildman–Crippen LogP) is 4.15. The summed E-state index contributed by atoms with van der Waals surface area (Å²) in [5.74, 6) is -0.650. The van der Waals surface area contributed by atoms with Crippen molar-refractivity contribution in [2.75, 3.05) is 26.2 Å². The highest BCUT2D eigenvalue weighted by atomic mass is 16.5. The molecule has 2 aliphatic rings. The van der Waals surface area contributed by atoms with Gasteiger partial charge in [-0.05, 0) is 46.5 Å². The minimum Gasteiger partial charge on any atom is -0.497 e. The maximum atomic E-state index is 13.3. The van der Waals surface area contributed by atoms with Crippen molar-refractivity contribution in [1.82, 2.24) is 0 Å². The second kappa shape index (κ2) is 8.28. The number of fused-ring (bicyclic) bond motifs is 6.